The van der Waals surface area contributed by atoms with Crippen LogP contribution in [-0.2, 0) is 12.0 Å². The second-order valence-corrected chi connectivity index (χ2v) is 8.07. The van der Waals surface area contributed by atoms with E-state index < -0.39 is 0 Å². The highest BCUT2D eigenvalue weighted by Crippen LogP contribution is 2.39. The van der Waals surface area contributed by atoms with Gasteiger partial charge in [-0.3, -0.25) is 9.78 Å². The second kappa shape index (κ2) is 10.3. The van der Waals surface area contributed by atoms with Gasteiger partial charge < -0.3 is 4.57 Å². The maximum atomic E-state index is 11.7. The number of nitrogens with zero attached hydrogens (tertiary/aromatic N) is 1. The number of aromatic nitrogens is 2. The molecule has 0 aliphatic carbocycles. The van der Waals surface area contributed by atoms with E-state index in [-0.39, 0.29) is 16.7 Å². The monoisotopic (exact) mass is 370 g/mol. The lowest BCUT2D eigenvalue weighted by Gasteiger charge is -2.35. The van der Waals surface area contributed by atoms with Crippen LogP contribution in [0.4, 0.5) is 0 Å². The van der Waals surface area contributed by atoms with E-state index in [1.165, 1.54) is 43.7 Å². The van der Waals surface area contributed by atoms with Gasteiger partial charge in [-0.25, -0.2) is 4.79 Å². The molecule has 1 aromatic heterocycles. The number of rotatable bonds is 11. The van der Waals surface area contributed by atoms with Crippen LogP contribution >= 0.6 is 0 Å². The quantitative estimate of drug-likeness (QED) is 0.573. The normalized spacial score (nSPS) is 13.6. The number of hydrogen-bond donors (Lipinski definition) is 1. The minimum atomic E-state index is -0.335. The molecule has 0 saturated carbocycles. The third-order valence-electron chi connectivity index (χ3n) is 5.56. The summed E-state index contributed by atoms with van der Waals surface area (Å²) in [4.78, 5) is 25.1. The van der Waals surface area contributed by atoms with Gasteiger partial charge in [0.25, 0.3) is 5.56 Å². The third-order valence-corrected chi connectivity index (χ3v) is 5.56. The molecule has 1 N–H and O–H groups in total. The van der Waals surface area contributed by atoms with E-state index >= 15 is 0 Å². The van der Waals surface area contributed by atoms with Crippen LogP contribution in [0.3, 0.4) is 0 Å². The van der Waals surface area contributed by atoms with E-state index in [4.69, 9.17) is 0 Å². The average molecular weight is 371 g/mol. The standard InChI is InChI=1S/C23H34N2O2/c1-4-23(18-19(2)3,20-12-8-7-9-13-20)15-10-5-6-11-16-25-17-14-21(26)24-22(25)27/h7-9,12-14,17,19H,4-6,10-11,15-16,18H2,1-3H3,(H,24,26,27). The van der Waals surface area contributed by atoms with Crippen molar-refractivity contribution in [2.24, 2.45) is 5.92 Å². The molecule has 0 aliphatic rings. The van der Waals surface area contributed by atoms with Crippen molar-refractivity contribution in [1.82, 2.24) is 9.55 Å². The van der Waals surface area contributed by atoms with Crippen molar-refractivity contribution in [3.63, 3.8) is 0 Å². The highest BCUT2D eigenvalue weighted by atomic mass is 16.2. The van der Waals surface area contributed by atoms with Gasteiger partial charge in [0.15, 0.2) is 0 Å². The molecule has 27 heavy (non-hydrogen) atoms. The lowest BCUT2D eigenvalue weighted by Crippen LogP contribution is -2.28. The molecule has 0 radical (unpaired) electrons. The van der Waals surface area contributed by atoms with Gasteiger partial charge in [-0.1, -0.05) is 70.4 Å². The van der Waals surface area contributed by atoms with Crippen LogP contribution in [0.5, 0.6) is 0 Å². The van der Waals surface area contributed by atoms with Crippen LogP contribution in [0.2, 0.25) is 0 Å². The fourth-order valence-electron chi connectivity index (χ4n) is 4.18. The predicted octanol–water partition coefficient (Wildman–Crippen LogP) is 4.88. The second-order valence-electron chi connectivity index (χ2n) is 8.07. The Kier molecular flexibility index (Phi) is 8.08. The third kappa shape index (κ3) is 6.23. The largest absolute Gasteiger partial charge is 0.328 e. The Bertz CT molecular complexity index is 792. The molecule has 4 nitrogen and oxygen atoms in total. The van der Waals surface area contributed by atoms with E-state index in [1.807, 2.05) is 0 Å². The Hall–Kier alpha value is -2.10. The molecule has 0 fully saturated rings. The first-order valence-electron chi connectivity index (χ1n) is 10.3. The molecule has 1 unspecified atom stereocenters. The van der Waals surface area contributed by atoms with Crippen LogP contribution < -0.4 is 11.2 Å². The molecule has 0 aliphatic heterocycles. The van der Waals surface area contributed by atoms with Gasteiger partial charge in [0.2, 0.25) is 0 Å². The van der Waals surface area contributed by atoms with Crippen LogP contribution in [0.1, 0.15) is 71.3 Å². The van der Waals surface area contributed by atoms with Gasteiger partial charge in [0.05, 0.1) is 0 Å². The first kappa shape index (κ1) is 21.2. The smallest absolute Gasteiger partial charge is 0.301 e. The Morgan fingerprint density at radius 1 is 1.00 bits per heavy atom. The number of H-pyrrole nitrogens is 1. The Labute approximate surface area is 162 Å². The Morgan fingerprint density at radius 3 is 2.33 bits per heavy atom. The van der Waals surface area contributed by atoms with Crippen molar-refractivity contribution in [2.45, 2.75) is 77.7 Å². The van der Waals surface area contributed by atoms with Crippen LogP contribution in [0.15, 0.2) is 52.2 Å². The molecule has 0 spiro atoms. The molecule has 1 atom stereocenters. The van der Waals surface area contributed by atoms with Crippen LogP contribution in [-0.4, -0.2) is 9.55 Å². The van der Waals surface area contributed by atoms with Gasteiger partial charge >= 0.3 is 5.69 Å². The van der Waals surface area contributed by atoms with Crippen molar-refractivity contribution in [1.29, 1.82) is 0 Å². The van der Waals surface area contributed by atoms with Crippen molar-refractivity contribution < 1.29 is 0 Å². The highest BCUT2D eigenvalue weighted by molar-refractivity contribution is 5.25. The molecule has 148 valence electrons. The molecule has 4 heteroatoms. The molecule has 0 bridgehead atoms. The molecule has 1 aromatic carbocycles. The zero-order valence-corrected chi connectivity index (χ0v) is 17.0. The van der Waals surface area contributed by atoms with Crippen LogP contribution in [0, 0.1) is 5.92 Å². The van der Waals surface area contributed by atoms with E-state index in [9.17, 15) is 9.59 Å². The zero-order valence-electron chi connectivity index (χ0n) is 17.0. The van der Waals surface area contributed by atoms with Crippen molar-refractivity contribution >= 4 is 0 Å². The van der Waals surface area contributed by atoms with Gasteiger partial charge in [-0.15, -0.1) is 0 Å². The summed E-state index contributed by atoms with van der Waals surface area (Å²) in [7, 11) is 0. The molecule has 0 amide bonds. The average Bonchev–Trinajstić information content (AvgIpc) is 2.65. The number of benzene rings is 1. The minimum Gasteiger partial charge on any atom is -0.301 e. The molecular formula is C23H34N2O2. The van der Waals surface area contributed by atoms with E-state index in [2.05, 4.69) is 56.1 Å². The lowest BCUT2D eigenvalue weighted by molar-refractivity contribution is 0.294. The summed E-state index contributed by atoms with van der Waals surface area (Å²) < 4.78 is 1.58. The van der Waals surface area contributed by atoms with Crippen molar-refractivity contribution in [3.8, 4) is 0 Å². The van der Waals surface area contributed by atoms with Gasteiger partial charge in [-0.05, 0) is 42.6 Å². The summed E-state index contributed by atoms with van der Waals surface area (Å²) in [6.07, 6.45) is 9.62. The fourth-order valence-corrected chi connectivity index (χ4v) is 4.18. The first-order chi connectivity index (χ1) is 13.0. The summed E-state index contributed by atoms with van der Waals surface area (Å²) in [6, 6.07) is 12.4. The van der Waals surface area contributed by atoms with E-state index in [1.54, 1.807) is 10.8 Å². The molecular weight excluding hydrogens is 336 g/mol. The molecule has 2 rings (SSSR count). The summed E-state index contributed by atoms with van der Waals surface area (Å²) in [5, 5.41) is 0. The summed E-state index contributed by atoms with van der Waals surface area (Å²) in [5.74, 6) is 0.678. The number of aryl methyl sites for hydroxylation is 1. The SMILES string of the molecule is CCC(CCCCCCn1ccc(=O)[nH]c1=O)(CC(C)C)c1ccccc1. The maximum Gasteiger partial charge on any atom is 0.328 e. The zero-order chi connectivity index (χ0) is 19.7. The number of hydrogen-bond acceptors (Lipinski definition) is 2. The molecule has 1 heterocycles. The molecule has 2 aromatic rings. The Morgan fingerprint density at radius 2 is 1.70 bits per heavy atom. The van der Waals surface area contributed by atoms with Gasteiger partial charge in [-0.2, -0.15) is 0 Å². The van der Waals surface area contributed by atoms with Gasteiger partial charge in [0, 0.05) is 18.8 Å². The number of unbranched alkanes of at least 4 members (excludes halogenated alkanes) is 3. The fraction of sp³-hybridized carbons (Fsp3) is 0.565. The van der Waals surface area contributed by atoms with E-state index in [0.29, 0.717) is 12.5 Å². The molecule has 0 saturated heterocycles. The summed E-state index contributed by atoms with van der Waals surface area (Å²) in [5.41, 5.74) is 1.10. The van der Waals surface area contributed by atoms with Crippen LogP contribution in [0.25, 0.3) is 0 Å². The summed E-state index contributed by atoms with van der Waals surface area (Å²) in [6.45, 7) is 7.61. The topological polar surface area (TPSA) is 54.9 Å². The summed E-state index contributed by atoms with van der Waals surface area (Å²) >= 11 is 0. The van der Waals surface area contributed by atoms with Crippen molar-refractivity contribution in [3.05, 3.63) is 69.0 Å². The van der Waals surface area contributed by atoms with Crippen molar-refractivity contribution in [2.75, 3.05) is 0 Å². The lowest BCUT2D eigenvalue weighted by atomic mass is 9.69. The minimum absolute atomic E-state index is 0.269. The number of aromatic amines is 1. The Balaban J connectivity index is 1.86. The van der Waals surface area contributed by atoms with E-state index in [0.717, 1.165) is 12.8 Å². The van der Waals surface area contributed by atoms with Gasteiger partial charge in [0.1, 0.15) is 0 Å². The highest BCUT2D eigenvalue weighted by Gasteiger charge is 2.30. The number of nitrogens with one attached hydrogen (secondary N) is 1. The predicted molar refractivity (Wildman–Crippen MR) is 112 cm³/mol. The maximum absolute atomic E-state index is 11.7. The first-order valence-corrected chi connectivity index (χ1v) is 10.3.